The number of hydrogen-bond donors (Lipinski definition) is 2. The molecule has 2 aromatic carbocycles. The summed E-state index contributed by atoms with van der Waals surface area (Å²) in [5.41, 5.74) is 0.893. The van der Waals surface area contributed by atoms with Crippen molar-refractivity contribution in [1.29, 1.82) is 0 Å². The number of anilines is 2. The quantitative estimate of drug-likeness (QED) is 0.491. The molecule has 2 N–H and O–H groups in total. The van der Waals surface area contributed by atoms with E-state index < -0.39 is 17.2 Å². The van der Waals surface area contributed by atoms with Gasteiger partial charge in [0.1, 0.15) is 29.9 Å². The second-order valence-corrected chi connectivity index (χ2v) is 10.0. The summed E-state index contributed by atoms with van der Waals surface area (Å²) in [6.45, 7) is 4.02. The van der Waals surface area contributed by atoms with Crippen molar-refractivity contribution in [2.75, 3.05) is 42.9 Å². The molecule has 192 valence electrons. The lowest BCUT2D eigenvalue weighted by Gasteiger charge is -2.39. The van der Waals surface area contributed by atoms with Gasteiger partial charge in [0.2, 0.25) is 0 Å². The Morgan fingerprint density at radius 1 is 0.944 bits per heavy atom. The number of aromatic nitrogens is 3. The highest BCUT2D eigenvalue weighted by atomic mass is 19.1. The maximum atomic E-state index is 14.7. The highest BCUT2D eigenvalue weighted by Gasteiger charge is 2.36. The molecule has 2 fully saturated rings. The van der Waals surface area contributed by atoms with E-state index in [4.69, 9.17) is 0 Å². The molecule has 36 heavy (non-hydrogen) atoms. The molecule has 7 nitrogen and oxygen atoms in total. The van der Waals surface area contributed by atoms with Crippen LogP contribution in [-0.4, -0.2) is 63.5 Å². The van der Waals surface area contributed by atoms with Gasteiger partial charge in [0.15, 0.2) is 0 Å². The normalized spacial score (nSPS) is 19.2. The van der Waals surface area contributed by atoms with Crippen molar-refractivity contribution in [3.63, 3.8) is 0 Å². The molecule has 1 unspecified atom stereocenters. The summed E-state index contributed by atoms with van der Waals surface area (Å²) in [6.07, 6.45) is 8.52. The van der Waals surface area contributed by atoms with Gasteiger partial charge in [-0.15, -0.1) is 0 Å². The van der Waals surface area contributed by atoms with Gasteiger partial charge < -0.3 is 15.3 Å². The number of piperidine rings is 2. The van der Waals surface area contributed by atoms with Crippen molar-refractivity contribution in [3.8, 4) is 0 Å². The summed E-state index contributed by atoms with van der Waals surface area (Å²) in [5, 5.41) is 19.3. The van der Waals surface area contributed by atoms with Gasteiger partial charge in [0, 0.05) is 61.8 Å². The Labute approximate surface area is 210 Å². The molecule has 3 aromatic rings. The molecule has 2 aliphatic rings. The minimum atomic E-state index is -1.57. The third kappa shape index (κ3) is 5.84. The van der Waals surface area contributed by atoms with Crippen molar-refractivity contribution in [2.24, 2.45) is 0 Å². The molecule has 0 amide bonds. The van der Waals surface area contributed by atoms with Crippen LogP contribution in [0.15, 0.2) is 55.1 Å². The zero-order valence-electron chi connectivity index (χ0n) is 20.5. The van der Waals surface area contributed by atoms with Crippen LogP contribution in [0.2, 0.25) is 0 Å². The molecule has 5 rings (SSSR count). The number of nitrogens with one attached hydrogen (secondary N) is 1. The van der Waals surface area contributed by atoms with Crippen molar-refractivity contribution in [3.05, 3.63) is 72.3 Å². The predicted molar refractivity (Wildman–Crippen MR) is 136 cm³/mol. The van der Waals surface area contributed by atoms with Gasteiger partial charge in [-0.2, -0.15) is 5.10 Å². The molecule has 1 atom stereocenters. The highest BCUT2D eigenvalue weighted by Crippen LogP contribution is 2.29. The first-order chi connectivity index (χ1) is 17.5. The van der Waals surface area contributed by atoms with E-state index >= 15 is 0 Å². The Hall–Kier alpha value is -3.04. The smallest absolute Gasteiger partial charge is 0.137 e. The monoisotopic (exact) mass is 496 g/mol. The molecule has 0 saturated carbocycles. The van der Waals surface area contributed by atoms with Gasteiger partial charge in [-0.05, 0) is 62.4 Å². The number of nitrogens with zero attached hydrogens (tertiary/aromatic N) is 5. The van der Waals surface area contributed by atoms with Gasteiger partial charge in [-0.3, -0.25) is 4.90 Å². The molecule has 0 bridgehead atoms. The first kappa shape index (κ1) is 24.6. The summed E-state index contributed by atoms with van der Waals surface area (Å²) < 4.78 is 29.7. The third-order valence-electron chi connectivity index (χ3n) is 7.35. The average Bonchev–Trinajstić information content (AvgIpc) is 3.39. The Balaban J connectivity index is 1.20. The van der Waals surface area contributed by atoms with E-state index in [2.05, 4.69) is 49.5 Å². The van der Waals surface area contributed by atoms with Gasteiger partial charge >= 0.3 is 0 Å². The molecular formula is C27H34F2N6O. The number of aliphatic hydroxyl groups is 1. The van der Waals surface area contributed by atoms with E-state index in [0.717, 1.165) is 50.8 Å². The molecule has 9 heteroatoms. The van der Waals surface area contributed by atoms with Gasteiger partial charge in [0.25, 0.3) is 0 Å². The fourth-order valence-electron chi connectivity index (χ4n) is 5.43. The maximum Gasteiger partial charge on any atom is 0.137 e. The highest BCUT2D eigenvalue weighted by molar-refractivity contribution is 5.55. The third-order valence-corrected chi connectivity index (χ3v) is 7.35. The average molecular weight is 497 g/mol. The van der Waals surface area contributed by atoms with E-state index in [1.165, 1.54) is 54.4 Å². The van der Waals surface area contributed by atoms with E-state index in [1.54, 1.807) is 0 Å². The largest absolute Gasteiger partial charge is 0.382 e. The molecule has 3 heterocycles. The van der Waals surface area contributed by atoms with Crippen molar-refractivity contribution >= 4 is 11.4 Å². The summed E-state index contributed by atoms with van der Waals surface area (Å²) in [5.74, 6) is -1.43. The Morgan fingerprint density at radius 2 is 1.69 bits per heavy atom. The first-order valence-corrected chi connectivity index (χ1v) is 12.8. The lowest BCUT2D eigenvalue weighted by atomic mass is 9.91. The second kappa shape index (κ2) is 10.9. The molecule has 0 aliphatic carbocycles. The standard InChI is InChI=1S/C27H34F2N6O/c28-21-4-9-25(26(29)16-21)27(36,18-35-20-30-19-31-35)17-33-14-10-23(11-15-33)32-22-5-7-24(8-6-22)34-12-2-1-3-13-34/h4-9,16,19-20,23,32,36H,1-3,10-15,17-18H2. The van der Waals surface area contributed by atoms with Crippen LogP contribution in [0.25, 0.3) is 0 Å². The molecule has 1 aromatic heterocycles. The van der Waals surface area contributed by atoms with E-state index in [9.17, 15) is 13.9 Å². The van der Waals surface area contributed by atoms with Crippen LogP contribution in [0.1, 0.15) is 37.7 Å². The minimum absolute atomic E-state index is 0.0249. The predicted octanol–water partition coefficient (Wildman–Crippen LogP) is 4.01. The van der Waals surface area contributed by atoms with Crippen LogP contribution in [0, 0.1) is 11.6 Å². The minimum Gasteiger partial charge on any atom is -0.382 e. The van der Waals surface area contributed by atoms with Gasteiger partial charge in [0.05, 0.1) is 6.54 Å². The first-order valence-electron chi connectivity index (χ1n) is 12.8. The van der Waals surface area contributed by atoms with Gasteiger partial charge in [-0.1, -0.05) is 6.07 Å². The fraction of sp³-hybridized carbons (Fsp3) is 0.481. The molecule has 2 aliphatic heterocycles. The number of hydrogen-bond acceptors (Lipinski definition) is 6. The topological polar surface area (TPSA) is 69.5 Å². The summed E-state index contributed by atoms with van der Waals surface area (Å²) in [7, 11) is 0. The van der Waals surface area contributed by atoms with E-state index in [1.807, 2.05) is 0 Å². The number of halogens is 2. The molecule has 0 spiro atoms. The van der Waals surface area contributed by atoms with Crippen molar-refractivity contribution in [2.45, 2.75) is 50.3 Å². The lowest BCUT2D eigenvalue weighted by molar-refractivity contribution is -0.0260. The van der Waals surface area contributed by atoms with Gasteiger partial charge in [-0.25, -0.2) is 18.4 Å². The second-order valence-electron chi connectivity index (χ2n) is 10.0. The maximum absolute atomic E-state index is 14.7. The number of benzene rings is 2. The van der Waals surface area contributed by atoms with E-state index in [-0.39, 0.29) is 18.7 Å². The lowest BCUT2D eigenvalue weighted by Crippen LogP contribution is -2.48. The number of rotatable bonds is 8. The Morgan fingerprint density at radius 3 is 2.36 bits per heavy atom. The zero-order chi connectivity index (χ0) is 25.0. The van der Waals surface area contributed by atoms with Crippen molar-refractivity contribution < 1.29 is 13.9 Å². The van der Waals surface area contributed by atoms with E-state index in [0.29, 0.717) is 6.04 Å². The zero-order valence-corrected chi connectivity index (χ0v) is 20.5. The number of likely N-dealkylation sites (tertiary alicyclic amines) is 1. The van der Waals surface area contributed by atoms with Crippen LogP contribution in [-0.2, 0) is 12.1 Å². The van der Waals surface area contributed by atoms with Crippen molar-refractivity contribution in [1.82, 2.24) is 19.7 Å². The Bertz CT molecular complexity index is 1110. The van der Waals surface area contributed by atoms with Crippen LogP contribution < -0.4 is 10.2 Å². The van der Waals surface area contributed by atoms with Crippen LogP contribution in [0.3, 0.4) is 0 Å². The van der Waals surface area contributed by atoms with Crippen LogP contribution in [0.5, 0.6) is 0 Å². The van der Waals surface area contributed by atoms with Crippen LogP contribution >= 0.6 is 0 Å². The summed E-state index contributed by atoms with van der Waals surface area (Å²) >= 11 is 0. The van der Waals surface area contributed by atoms with Crippen LogP contribution in [0.4, 0.5) is 20.2 Å². The fourth-order valence-corrected chi connectivity index (χ4v) is 5.43. The summed E-state index contributed by atoms with van der Waals surface area (Å²) in [4.78, 5) is 8.52. The summed E-state index contributed by atoms with van der Waals surface area (Å²) in [6, 6.07) is 12.4. The SMILES string of the molecule is OC(CN1CCC(Nc2ccc(N3CCCCC3)cc2)CC1)(Cn1cncn1)c1ccc(F)cc1F. The molecular weight excluding hydrogens is 462 g/mol. The molecule has 0 radical (unpaired) electrons. The Kier molecular flexibility index (Phi) is 7.48. The number of β-amino-alcohol motifs (C(OH)–C–C–N with tert-alkyl or cyclic N) is 1. The molecule has 2 saturated heterocycles.